The van der Waals surface area contributed by atoms with Crippen molar-refractivity contribution >= 4 is 0 Å². The number of nitrogens with one attached hydrogen (secondary N) is 1. The molecule has 70 valence electrons. The Morgan fingerprint density at radius 1 is 1.38 bits per heavy atom. The van der Waals surface area contributed by atoms with Crippen LogP contribution in [-0.4, -0.2) is 19.7 Å². The molecule has 0 unspecified atom stereocenters. The highest BCUT2D eigenvalue weighted by atomic mass is 19.1. The van der Waals surface area contributed by atoms with E-state index in [0.717, 1.165) is 6.54 Å². The van der Waals surface area contributed by atoms with Crippen molar-refractivity contribution in [2.75, 3.05) is 19.7 Å². The molecule has 0 spiro atoms. The van der Waals surface area contributed by atoms with Crippen LogP contribution in [0.5, 0.6) is 0 Å². The summed E-state index contributed by atoms with van der Waals surface area (Å²) in [5.41, 5.74) is 0.648. The predicted octanol–water partition coefficient (Wildman–Crippen LogP) is 1.49. The van der Waals surface area contributed by atoms with E-state index in [2.05, 4.69) is 5.32 Å². The largest absolute Gasteiger partial charge is 0.371 e. The van der Waals surface area contributed by atoms with Gasteiger partial charge >= 0.3 is 0 Å². The van der Waals surface area contributed by atoms with Gasteiger partial charge in [-0.3, -0.25) is 0 Å². The van der Waals surface area contributed by atoms with Crippen LogP contribution < -0.4 is 5.32 Å². The number of hydrogen-bond acceptors (Lipinski definition) is 2. The highest BCUT2D eigenvalue weighted by molar-refractivity contribution is 5.20. The molecule has 1 saturated heterocycles. The Bertz CT molecular complexity index is 284. The quantitative estimate of drug-likeness (QED) is 0.708. The SMILES string of the molecule is Fc1ccccc1[C@@H]1CNCCO1. The first-order valence-electron chi connectivity index (χ1n) is 4.44. The fourth-order valence-corrected chi connectivity index (χ4v) is 1.50. The first-order chi connectivity index (χ1) is 6.38. The maximum absolute atomic E-state index is 13.3. The third-order valence-corrected chi connectivity index (χ3v) is 2.18. The molecule has 0 aliphatic carbocycles. The summed E-state index contributed by atoms with van der Waals surface area (Å²) in [7, 11) is 0. The number of hydrogen-bond donors (Lipinski definition) is 1. The van der Waals surface area contributed by atoms with Gasteiger partial charge in [0.25, 0.3) is 0 Å². The second kappa shape index (κ2) is 3.85. The Balaban J connectivity index is 2.18. The van der Waals surface area contributed by atoms with E-state index in [1.807, 2.05) is 6.07 Å². The van der Waals surface area contributed by atoms with Crippen molar-refractivity contribution in [3.8, 4) is 0 Å². The molecule has 0 amide bonds. The summed E-state index contributed by atoms with van der Waals surface area (Å²) in [4.78, 5) is 0. The zero-order valence-corrected chi connectivity index (χ0v) is 7.29. The second-order valence-electron chi connectivity index (χ2n) is 3.09. The lowest BCUT2D eigenvalue weighted by molar-refractivity contribution is 0.0255. The Labute approximate surface area is 76.7 Å². The Kier molecular flexibility index (Phi) is 2.57. The van der Waals surface area contributed by atoms with E-state index in [9.17, 15) is 4.39 Å². The minimum atomic E-state index is -0.184. The van der Waals surface area contributed by atoms with Gasteiger partial charge in [0.15, 0.2) is 0 Å². The van der Waals surface area contributed by atoms with Gasteiger partial charge in [-0.15, -0.1) is 0 Å². The number of rotatable bonds is 1. The number of ether oxygens (including phenoxy) is 1. The zero-order valence-electron chi connectivity index (χ0n) is 7.29. The Morgan fingerprint density at radius 2 is 2.23 bits per heavy atom. The fraction of sp³-hybridized carbons (Fsp3) is 0.400. The van der Waals surface area contributed by atoms with Crippen molar-refractivity contribution in [2.45, 2.75) is 6.10 Å². The summed E-state index contributed by atoms with van der Waals surface area (Å²) in [5.74, 6) is -0.184. The molecule has 1 atom stereocenters. The average Bonchev–Trinajstić information content (AvgIpc) is 2.20. The van der Waals surface area contributed by atoms with Gasteiger partial charge in [0, 0.05) is 18.7 Å². The molecule has 1 aliphatic rings. The standard InChI is InChI=1S/C10H12FNO/c11-9-4-2-1-3-8(9)10-7-12-5-6-13-10/h1-4,10,12H,5-7H2/t10-/m0/s1. The molecule has 0 radical (unpaired) electrons. The Morgan fingerprint density at radius 3 is 2.92 bits per heavy atom. The van der Waals surface area contributed by atoms with E-state index in [0.29, 0.717) is 18.7 Å². The topological polar surface area (TPSA) is 21.3 Å². The fourth-order valence-electron chi connectivity index (χ4n) is 1.50. The van der Waals surface area contributed by atoms with Gasteiger partial charge in [-0.2, -0.15) is 0 Å². The number of benzene rings is 1. The van der Waals surface area contributed by atoms with E-state index in [1.54, 1.807) is 12.1 Å². The Hall–Kier alpha value is -0.930. The van der Waals surface area contributed by atoms with Crippen LogP contribution in [-0.2, 0) is 4.74 Å². The van der Waals surface area contributed by atoms with Gasteiger partial charge in [-0.1, -0.05) is 18.2 Å². The third kappa shape index (κ3) is 1.87. The highest BCUT2D eigenvalue weighted by Gasteiger charge is 2.18. The maximum atomic E-state index is 13.3. The summed E-state index contributed by atoms with van der Waals surface area (Å²) < 4.78 is 18.7. The molecule has 0 aromatic heterocycles. The molecular formula is C10H12FNO. The van der Waals surface area contributed by atoms with Gasteiger partial charge in [0.1, 0.15) is 5.82 Å². The average molecular weight is 181 g/mol. The summed E-state index contributed by atoms with van der Waals surface area (Å²) in [6, 6.07) is 6.76. The molecule has 0 saturated carbocycles. The first kappa shape index (κ1) is 8.66. The van der Waals surface area contributed by atoms with Gasteiger partial charge in [0.05, 0.1) is 12.7 Å². The zero-order chi connectivity index (χ0) is 9.10. The van der Waals surface area contributed by atoms with Gasteiger partial charge in [0.2, 0.25) is 0 Å². The van der Waals surface area contributed by atoms with Crippen LogP contribution in [0.4, 0.5) is 4.39 Å². The monoisotopic (exact) mass is 181 g/mol. The summed E-state index contributed by atoms with van der Waals surface area (Å²) >= 11 is 0. The normalized spacial score (nSPS) is 23.0. The van der Waals surface area contributed by atoms with Crippen LogP contribution in [0, 0.1) is 5.82 Å². The lowest BCUT2D eigenvalue weighted by atomic mass is 10.1. The maximum Gasteiger partial charge on any atom is 0.129 e. The summed E-state index contributed by atoms with van der Waals surface area (Å²) in [6.07, 6.45) is -0.130. The molecule has 1 aromatic rings. The third-order valence-electron chi connectivity index (χ3n) is 2.18. The van der Waals surface area contributed by atoms with Gasteiger partial charge < -0.3 is 10.1 Å². The molecule has 1 N–H and O–H groups in total. The van der Waals surface area contributed by atoms with Crippen molar-refractivity contribution in [3.63, 3.8) is 0 Å². The van der Waals surface area contributed by atoms with Crippen LogP contribution >= 0.6 is 0 Å². The van der Waals surface area contributed by atoms with Crippen LogP contribution in [0.3, 0.4) is 0 Å². The van der Waals surface area contributed by atoms with Crippen molar-refractivity contribution in [1.29, 1.82) is 0 Å². The molecule has 0 bridgehead atoms. The molecule has 13 heavy (non-hydrogen) atoms. The predicted molar refractivity (Wildman–Crippen MR) is 48.0 cm³/mol. The first-order valence-corrected chi connectivity index (χ1v) is 4.44. The minimum Gasteiger partial charge on any atom is -0.371 e. The molecule has 2 nitrogen and oxygen atoms in total. The summed E-state index contributed by atoms with van der Waals surface area (Å²) in [6.45, 7) is 2.20. The molecule has 3 heteroatoms. The molecule has 1 heterocycles. The smallest absolute Gasteiger partial charge is 0.129 e. The molecule has 2 rings (SSSR count). The summed E-state index contributed by atoms with van der Waals surface area (Å²) in [5, 5.41) is 3.17. The highest BCUT2D eigenvalue weighted by Crippen LogP contribution is 2.20. The number of morpholine rings is 1. The molecule has 1 aliphatic heterocycles. The van der Waals surface area contributed by atoms with Crippen LogP contribution in [0.1, 0.15) is 11.7 Å². The van der Waals surface area contributed by atoms with Gasteiger partial charge in [-0.05, 0) is 6.07 Å². The van der Waals surface area contributed by atoms with E-state index in [1.165, 1.54) is 6.07 Å². The van der Waals surface area contributed by atoms with E-state index in [4.69, 9.17) is 4.74 Å². The number of halogens is 1. The molecule has 1 fully saturated rings. The van der Waals surface area contributed by atoms with Crippen LogP contribution in [0.25, 0.3) is 0 Å². The van der Waals surface area contributed by atoms with E-state index >= 15 is 0 Å². The van der Waals surface area contributed by atoms with E-state index in [-0.39, 0.29) is 11.9 Å². The van der Waals surface area contributed by atoms with Crippen molar-refractivity contribution in [3.05, 3.63) is 35.6 Å². The minimum absolute atomic E-state index is 0.130. The van der Waals surface area contributed by atoms with E-state index < -0.39 is 0 Å². The molecule has 1 aromatic carbocycles. The van der Waals surface area contributed by atoms with Crippen molar-refractivity contribution < 1.29 is 9.13 Å². The van der Waals surface area contributed by atoms with Crippen molar-refractivity contribution in [1.82, 2.24) is 5.32 Å². The lowest BCUT2D eigenvalue weighted by Crippen LogP contribution is -2.33. The molecular weight excluding hydrogens is 169 g/mol. The second-order valence-corrected chi connectivity index (χ2v) is 3.09. The van der Waals surface area contributed by atoms with Crippen molar-refractivity contribution in [2.24, 2.45) is 0 Å². The van der Waals surface area contributed by atoms with Crippen LogP contribution in [0.2, 0.25) is 0 Å². The lowest BCUT2D eigenvalue weighted by Gasteiger charge is -2.24. The van der Waals surface area contributed by atoms with Gasteiger partial charge in [-0.25, -0.2) is 4.39 Å². The van der Waals surface area contributed by atoms with Crippen LogP contribution in [0.15, 0.2) is 24.3 Å².